The second-order valence-corrected chi connectivity index (χ2v) is 9.59. The van der Waals surface area contributed by atoms with Crippen molar-refractivity contribution in [1.29, 1.82) is 0 Å². The first-order valence-electron chi connectivity index (χ1n) is 12.9. The quantitative estimate of drug-likeness (QED) is 0.288. The zero-order valence-electron chi connectivity index (χ0n) is 21.3. The van der Waals surface area contributed by atoms with Gasteiger partial charge < -0.3 is 20.3 Å². The van der Waals surface area contributed by atoms with Crippen LogP contribution in [-0.4, -0.2) is 65.1 Å². The summed E-state index contributed by atoms with van der Waals surface area (Å²) in [5.74, 6) is 0.470. The van der Waals surface area contributed by atoms with Crippen LogP contribution in [0, 0.1) is 0 Å². The number of ether oxygens (including phenoxy) is 1. The van der Waals surface area contributed by atoms with Crippen LogP contribution in [0.1, 0.15) is 44.3 Å². The van der Waals surface area contributed by atoms with Crippen LogP contribution in [0.2, 0.25) is 0 Å². The maximum Gasteiger partial charge on any atom is 0.437 e. The van der Waals surface area contributed by atoms with E-state index < -0.39 is 18.0 Å². The number of anilines is 1. The van der Waals surface area contributed by atoms with E-state index in [4.69, 9.17) is 14.9 Å². The monoisotopic (exact) mass is 545 g/mol. The van der Waals surface area contributed by atoms with Crippen LogP contribution in [0.5, 0.6) is 5.75 Å². The zero-order chi connectivity index (χ0) is 27.6. The molecule has 1 saturated carbocycles. The standard InChI is InChI=1S/C26H30F3N7O3/c1-2-30-23-10-21-20(12-32-23)24(16-11-33-35(13-16)14-18(38)15-37)34-36(21)17-5-7-19(8-6-17)39-22-4-3-9-31-25(22)26(27,28)29/h3-4,9-13,17-19,37-38H,2,5-8,14-15H2,1H3,(H,30,32)/t17-,18-,19+/m0/s1. The van der Waals surface area contributed by atoms with E-state index in [1.54, 1.807) is 23.3 Å². The molecular formula is C26H30F3N7O3. The number of aliphatic hydroxyl groups is 2. The van der Waals surface area contributed by atoms with Gasteiger partial charge in [-0.25, -0.2) is 9.97 Å². The average Bonchev–Trinajstić information content (AvgIpc) is 3.53. The molecule has 4 heterocycles. The van der Waals surface area contributed by atoms with Crippen LogP contribution in [0.4, 0.5) is 19.0 Å². The lowest BCUT2D eigenvalue weighted by atomic mass is 9.93. The van der Waals surface area contributed by atoms with Gasteiger partial charge in [0.25, 0.3) is 0 Å². The number of nitrogens with one attached hydrogen (secondary N) is 1. The fourth-order valence-electron chi connectivity index (χ4n) is 4.95. The van der Waals surface area contributed by atoms with Gasteiger partial charge in [0, 0.05) is 42.2 Å². The first kappa shape index (κ1) is 26.9. The molecule has 1 fully saturated rings. The highest BCUT2D eigenvalue weighted by Crippen LogP contribution is 2.39. The van der Waals surface area contributed by atoms with E-state index in [9.17, 15) is 18.3 Å². The molecule has 0 saturated heterocycles. The summed E-state index contributed by atoms with van der Waals surface area (Å²) in [6.07, 6.45) is 2.91. The van der Waals surface area contributed by atoms with Gasteiger partial charge in [0.1, 0.15) is 11.5 Å². The SMILES string of the molecule is CCNc1cc2c(cn1)c(-c1cnn(C[C@H](O)CO)c1)nn2[C@H]1CC[C@@H](Oc2cccnc2C(F)(F)F)CC1. The van der Waals surface area contributed by atoms with Crippen LogP contribution < -0.4 is 10.1 Å². The number of fused-ring (bicyclic) bond motifs is 1. The molecule has 0 bridgehead atoms. The summed E-state index contributed by atoms with van der Waals surface area (Å²) >= 11 is 0. The van der Waals surface area contributed by atoms with Crippen LogP contribution in [0.3, 0.4) is 0 Å². The number of alkyl halides is 3. The van der Waals surface area contributed by atoms with Crippen molar-refractivity contribution in [2.75, 3.05) is 18.5 Å². The Morgan fingerprint density at radius 2 is 1.97 bits per heavy atom. The molecule has 1 atom stereocenters. The number of aromatic nitrogens is 6. The van der Waals surface area contributed by atoms with Crippen molar-refractivity contribution in [3.8, 4) is 17.0 Å². The van der Waals surface area contributed by atoms with E-state index in [1.165, 1.54) is 12.1 Å². The van der Waals surface area contributed by atoms with Crippen molar-refractivity contribution < 1.29 is 28.1 Å². The second-order valence-electron chi connectivity index (χ2n) is 9.59. The van der Waals surface area contributed by atoms with Gasteiger partial charge >= 0.3 is 6.18 Å². The van der Waals surface area contributed by atoms with E-state index in [2.05, 4.69) is 20.4 Å². The summed E-state index contributed by atoms with van der Waals surface area (Å²) in [5, 5.41) is 32.2. The van der Waals surface area contributed by atoms with Gasteiger partial charge in [0.05, 0.1) is 43.1 Å². The molecule has 0 aromatic carbocycles. The van der Waals surface area contributed by atoms with Crippen LogP contribution in [0.15, 0.2) is 43.0 Å². The van der Waals surface area contributed by atoms with Crippen molar-refractivity contribution in [2.24, 2.45) is 0 Å². The Morgan fingerprint density at radius 3 is 2.69 bits per heavy atom. The van der Waals surface area contributed by atoms with Crippen molar-refractivity contribution >= 4 is 16.7 Å². The third-order valence-corrected chi connectivity index (χ3v) is 6.79. The number of pyridine rings is 2. The second kappa shape index (κ2) is 11.2. The van der Waals surface area contributed by atoms with Gasteiger partial charge in [0.2, 0.25) is 0 Å². The molecule has 4 aromatic heterocycles. The molecule has 1 aliphatic rings. The highest BCUT2D eigenvalue weighted by Gasteiger charge is 2.37. The number of rotatable bonds is 9. The minimum Gasteiger partial charge on any atom is -0.488 e. The number of hydrogen-bond acceptors (Lipinski definition) is 8. The molecule has 0 amide bonds. The summed E-state index contributed by atoms with van der Waals surface area (Å²) in [5.41, 5.74) is 1.31. The van der Waals surface area contributed by atoms with E-state index in [-0.39, 0.29) is 31.0 Å². The van der Waals surface area contributed by atoms with Crippen LogP contribution in [-0.2, 0) is 12.7 Å². The lowest BCUT2D eigenvalue weighted by molar-refractivity contribution is -0.143. The molecular weight excluding hydrogens is 515 g/mol. The van der Waals surface area contributed by atoms with Crippen molar-refractivity contribution in [2.45, 2.75) is 63.6 Å². The lowest BCUT2D eigenvalue weighted by Gasteiger charge is -2.30. The minimum absolute atomic E-state index is 0.0141. The van der Waals surface area contributed by atoms with Gasteiger partial charge in [-0.3, -0.25) is 9.36 Å². The van der Waals surface area contributed by atoms with E-state index in [0.29, 0.717) is 43.7 Å². The van der Waals surface area contributed by atoms with Crippen molar-refractivity contribution in [1.82, 2.24) is 29.5 Å². The Balaban J connectivity index is 1.39. The summed E-state index contributed by atoms with van der Waals surface area (Å²) in [4.78, 5) is 7.99. The predicted octanol–water partition coefficient (Wildman–Crippen LogP) is 4.06. The molecule has 3 N–H and O–H groups in total. The molecule has 0 radical (unpaired) electrons. The molecule has 10 nitrogen and oxygen atoms in total. The maximum absolute atomic E-state index is 13.4. The normalized spacial score (nSPS) is 18.8. The average molecular weight is 546 g/mol. The third-order valence-electron chi connectivity index (χ3n) is 6.79. The first-order chi connectivity index (χ1) is 18.8. The topological polar surface area (TPSA) is 123 Å². The molecule has 0 aliphatic heterocycles. The highest BCUT2D eigenvalue weighted by molar-refractivity contribution is 5.93. The lowest BCUT2D eigenvalue weighted by Crippen LogP contribution is -2.27. The van der Waals surface area contributed by atoms with Gasteiger partial charge in [-0.05, 0) is 44.7 Å². The third kappa shape index (κ3) is 5.83. The molecule has 13 heteroatoms. The van der Waals surface area contributed by atoms with Gasteiger partial charge in [-0.15, -0.1) is 0 Å². The van der Waals surface area contributed by atoms with Crippen LogP contribution >= 0.6 is 0 Å². The smallest absolute Gasteiger partial charge is 0.437 e. The Hall–Kier alpha value is -3.71. The van der Waals surface area contributed by atoms with Crippen molar-refractivity contribution in [3.63, 3.8) is 0 Å². The minimum atomic E-state index is -4.58. The van der Waals surface area contributed by atoms with E-state index in [1.807, 2.05) is 17.7 Å². The first-order valence-corrected chi connectivity index (χ1v) is 12.9. The molecule has 208 valence electrons. The summed E-state index contributed by atoms with van der Waals surface area (Å²) in [7, 11) is 0. The number of halogens is 3. The Kier molecular flexibility index (Phi) is 7.71. The van der Waals surface area contributed by atoms with Crippen molar-refractivity contribution in [3.05, 3.63) is 48.7 Å². The Morgan fingerprint density at radius 1 is 1.18 bits per heavy atom. The Bertz CT molecular complexity index is 1410. The fourth-order valence-corrected chi connectivity index (χ4v) is 4.95. The molecule has 0 spiro atoms. The summed E-state index contributed by atoms with van der Waals surface area (Å²) in [6, 6.07) is 4.71. The molecule has 5 rings (SSSR count). The summed E-state index contributed by atoms with van der Waals surface area (Å²) < 4.78 is 49.3. The Labute approximate surface area is 222 Å². The van der Waals surface area contributed by atoms with Gasteiger partial charge in [0.15, 0.2) is 11.4 Å². The van der Waals surface area contributed by atoms with Crippen LogP contribution in [0.25, 0.3) is 22.2 Å². The van der Waals surface area contributed by atoms with E-state index in [0.717, 1.165) is 22.7 Å². The molecule has 0 unspecified atom stereocenters. The van der Waals surface area contributed by atoms with Gasteiger partial charge in [-0.2, -0.15) is 23.4 Å². The summed E-state index contributed by atoms with van der Waals surface area (Å²) in [6.45, 7) is 2.47. The highest BCUT2D eigenvalue weighted by atomic mass is 19.4. The number of nitrogens with zero attached hydrogens (tertiary/aromatic N) is 6. The zero-order valence-corrected chi connectivity index (χ0v) is 21.3. The molecule has 4 aromatic rings. The fraction of sp³-hybridized carbons (Fsp3) is 0.462. The predicted molar refractivity (Wildman–Crippen MR) is 137 cm³/mol. The largest absolute Gasteiger partial charge is 0.488 e. The van der Waals surface area contributed by atoms with E-state index >= 15 is 0 Å². The maximum atomic E-state index is 13.4. The number of aliphatic hydroxyl groups excluding tert-OH is 2. The number of hydrogen-bond donors (Lipinski definition) is 3. The van der Waals surface area contributed by atoms with Gasteiger partial charge in [-0.1, -0.05) is 0 Å². The molecule has 1 aliphatic carbocycles. The molecule has 39 heavy (non-hydrogen) atoms.